The van der Waals surface area contributed by atoms with Crippen LogP contribution in [0, 0.1) is 5.82 Å². The molecule has 0 saturated heterocycles. The first-order valence-corrected chi connectivity index (χ1v) is 7.72. The van der Waals surface area contributed by atoms with Gasteiger partial charge in [-0.25, -0.2) is 4.39 Å². The first-order chi connectivity index (χ1) is 11.7. The lowest BCUT2D eigenvalue weighted by Crippen LogP contribution is -3.00. The fourth-order valence-electron chi connectivity index (χ4n) is 2.44. The van der Waals surface area contributed by atoms with E-state index in [4.69, 9.17) is 0 Å². The third-order valence-electron chi connectivity index (χ3n) is 3.66. The number of hydrogen-bond acceptors (Lipinski definition) is 1. The summed E-state index contributed by atoms with van der Waals surface area (Å²) in [4.78, 5) is 12.1. The summed E-state index contributed by atoms with van der Waals surface area (Å²) in [5.41, 5.74) is 2.86. The molecule has 0 aliphatic rings. The summed E-state index contributed by atoms with van der Waals surface area (Å²) in [6.07, 6.45) is 7.89. The van der Waals surface area contributed by atoms with Gasteiger partial charge in [-0.1, -0.05) is 30.3 Å². The Morgan fingerprint density at radius 1 is 0.920 bits per heavy atom. The van der Waals surface area contributed by atoms with Crippen LogP contribution in [-0.4, -0.2) is 5.78 Å². The molecule has 0 aliphatic carbocycles. The largest absolute Gasteiger partial charge is 1.00 e. The Morgan fingerprint density at radius 2 is 1.60 bits per heavy atom. The number of nitrogens with zero attached hydrogens (tertiary/aromatic N) is 1. The Kier molecular flexibility index (Phi) is 6.61. The number of carbonyl (C=O) groups is 1. The molecule has 0 amide bonds. The van der Waals surface area contributed by atoms with Crippen LogP contribution in [0.25, 0.3) is 6.20 Å². The second-order valence-electron chi connectivity index (χ2n) is 5.51. The van der Waals surface area contributed by atoms with Gasteiger partial charge >= 0.3 is 0 Å². The van der Waals surface area contributed by atoms with Crippen molar-refractivity contribution in [3.63, 3.8) is 0 Å². The fourth-order valence-corrected chi connectivity index (χ4v) is 2.44. The van der Waals surface area contributed by atoms with Gasteiger partial charge in [-0.3, -0.25) is 4.79 Å². The number of rotatable bonds is 5. The zero-order valence-electron chi connectivity index (χ0n) is 13.5. The maximum atomic E-state index is 12.9. The van der Waals surface area contributed by atoms with E-state index in [1.165, 1.54) is 35.9 Å². The predicted molar refractivity (Wildman–Crippen MR) is 91.9 cm³/mol. The van der Waals surface area contributed by atoms with Gasteiger partial charge in [0.25, 0.3) is 0 Å². The van der Waals surface area contributed by atoms with Crippen LogP contribution < -0.4 is 17.0 Å². The number of allylic oxidation sites excluding steroid dienone is 1. The average Bonchev–Trinajstić information content (AvgIpc) is 2.61. The number of ketones is 1. The van der Waals surface area contributed by atoms with Crippen molar-refractivity contribution in [1.29, 1.82) is 0 Å². The zero-order chi connectivity index (χ0) is 16.8. The van der Waals surface area contributed by atoms with Crippen LogP contribution >= 0.6 is 0 Å². The Balaban J connectivity index is 0.00000225. The van der Waals surface area contributed by atoms with Crippen LogP contribution in [0.5, 0.6) is 0 Å². The fraction of sp³-hybridized carbons (Fsp3) is 0.0476. The molecule has 0 atom stereocenters. The van der Waals surface area contributed by atoms with Crippen molar-refractivity contribution >= 4 is 12.0 Å². The van der Waals surface area contributed by atoms with Crippen molar-refractivity contribution in [1.82, 2.24) is 0 Å². The molecule has 3 rings (SSSR count). The van der Waals surface area contributed by atoms with Gasteiger partial charge in [-0.15, -0.1) is 0 Å². The summed E-state index contributed by atoms with van der Waals surface area (Å²) in [5, 5.41) is 0. The molecule has 2 nitrogen and oxygen atoms in total. The standard InChI is InChI=1S/C21H17FNO.ClH/c22-20-10-8-19(9-11-20)21(24)12-14-23-13-4-7-18(16-23)15-17-5-2-1-3-6-17;/h1-14,16H,15H2;1H/q+1;/p-1/b14-12+;. The lowest BCUT2D eigenvalue weighted by atomic mass is 10.1. The van der Waals surface area contributed by atoms with Crippen LogP contribution in [0.2, 0.25) is 0 Å². The van der Waals surface area contributed by atoms with Crippen LogP contribution in [0.15, 0.2) is 85.2 Å². The van der Waals surface area contributed by atoms with Crippen molar-refractivity contribution in [2.45, 2.75) is 6.42 Å². The molecule has 0 bridgehead atoms. The Labute approximate surface area is 152 Å². The van der Waals surface area contributed by atoms with Gasteiger partial charge < -0.3 is 12.4 Å². The van der Waals surface area contributed by atoms with E-state index in [1.807, 2.05) is 41.2 Å². The molecule has 0 aliphatic heterocycles. The summed E-state index contributed by atoms with van der Waals surface area (Å²) < 4.78 is 14.7. The van der Waals surface area contributed by atoms with Crippen LogP contribution in [0.4, 0.5) is 4.39 Å². The monoisotopic (exact) mass is 353 g/mol. The topological polar surface area (TPSA) is 20.9 Å². The highest BCUT2D eigenvalue weighted by Gasteiger charge is 2.05. The molecular formula is C21H17ClFNO. The Bertz CT molecular complexity index is 861. The SMILES string of the molecule is O=C(/C=C/[n+]1cccc(Cc2ccccc2)c1)c1ccc(F)cc1.[Cl-]. The maximum Gasteiger partial charge on any atom is 0.191 e. The lowest BCUT2D eigenvalue weighted by Gasteiger charge is -1.99. The maximum absolute atomic E-state index is 12.9. The van der Waals surface area contributed by atoms with Crippen LogP contribution in [-0.2, 0) is 6.42 Å². The molecule has 2 aromatic carbocycles. The van der Waals surface area contributed by atoms with Gasteiger partial charge in [0, 0.05) is 23.6 Å². The minimum absolute atomic E-state index is 0. The molecule has 1 heterocycles. The molecule has 4 heteroatoms. The van der Waals surface area contributed by atoms with Gasteiger partial charge in [0.15, 0.2) is 24.4 Å². The summed E-state index contributed by atoms with van der Waals surface area (Å²) >= 11 is 0. The van der Waals surface area contributed by atoms with E-state index in [0.29, 0.717) is 5.56 Å². The minimum atomic E-state index is -0.349. The van der Waals surface area contributed by atoms with Gasteiger partial charge in [0.2, 0.25) is 0 Å². The molecule has 3 aromatic rings. The highest BCUT2D eigenvalue weighted by Crippen LogP contribution is 2.07. The van der Waals surface area contributed by atoms with Gasteiger partial charge in [-0.2, -0.15) is 4.57 Å². The third-order valence-corrected chi connectivity index (χ3v) is 3.66. The Hall–Kier alpha value is -2.78. The predicted octanol–water partition coefficient (Wildman–Crippen LogP) is 1.06. The van der Waals surface area contributed by atoms with E-state index in [0.717, 1.165) is 12.0 Å². The van der Waals surface area contributed by atoms with Crippen molar-refractivity contribution in [2.24, 2.45) is 0 Å². The van der Waals surface area contributed by atoms with Crippen LogP contribution in [0.3, 0.4) is 0 Å². The van der Waals surface area contributed by atoms with Crippen molar-refractivity contribution in [3.05, 3.63) is 108 Å². The summed E-state index contributed by atoms with van der Waals surface area (Å²) in [7, 11) is 0. The highest BCUT2D eigenvalue weighted by atomic mass is 35.5. The molecule has 0 fully saturated rings. The van der Waals surface area contributed by atoms with Crippen molar-refractivity contribution in [2.75, 3.05) is 0 Å². The number of hydrogen-bond donors (Lipinski definition) is 0. The minimum Gasteiger partial charge on any atom is -1.00 e. The van der Waals surface area contributed by atoms with Gasteiger partial charge in [0.05, 0.1) is 6.08 Å². The molecular weight excluding hydrogens is 337 g/mol. The van der Waals surface area contributed by atoms with Crippen LogP contribution in [0.1, 0.15) is 21.5 Å². The first-order valence-electron chi connectivity index (χ1n) is 7.72. The van der Waals surface area contributed by atoms with E-state index in [9.17, 15) is 9.18 Å². The van der Waals surface area contributed by atoms with E-state index in [1.54, 1.807) is 6.20 Å². The van der Waals surface area contributed by atoms with E-state index in [2.05, 4.69) is 18.2 Å². The second-order valence-corrected chi connectivity index (χ2v) is 5.51. The highest BCUT2D eigenvalue weighted by molar-refractivity contribution is 6.05. The van der Waals surface area contributed by atoms with Gasteiger partial charge in [-0.05, 0) is 35.9 Å². The third kappa shape index (κ3) is 5.37. The molecule has 0 radical (unpaired) electrons. The normalized spacial score (nSPS) is 10.4. The quantitative estimate of drug-likeness (QED) is 0.382. The van der Waals surface area contributed by atoms with Gasteiger partial charge in [0.1, 0.15) is 5.82 Å². The summed E-state index contributed by atoms with van der Waals surface area (Å²) in [5.74, 6) is -0.505. The first kappa shape index (κ1) is 18.6. The molecule has 1 aromatic heterocycles. The number of aromatic nitrogens is 1. The van der Waals surface area contributed by atoms with Crippen molar-refractivity contribution < 1.29 is 26.2 Å². The van der Waals surface area contributed by atoms with E-state index in [-0.39, 0.29) is 24.0 Å². The number of benzene rings is 2. The molecule has 25 heavy (non-hydrogen) atoms. The number of pyridine rings is 1. The zero-order valence-corrected chi connectivity index (χ0v) is 14.2. The van der Waals surface area contributed by atoms with E-state index >= 15 is 0 Å². The smallest absolute Gasteiger partial charge is 0.191 e. The summed E-state index contributed by atoms with van der Waals surface area (Å²) in [6.45, 7) is 0. The lowest BCUT2D eigenvalue weighted by molar-refractivity contribution is -0.568. The number of carbonyl (C=O) groups excluding carboxylic acids is 1. The number of halogens is 2. The summed E-state index contributed by atoms with van der Waals surface area (Å²) in [6, 6.07) is 19.8. The average molecular weight is 354 g/mol. The molecule has 0 saturated carbocycles. The molecule has 0 unspecified atom stereocenters. The Morgan fingerprint density at radius 3 is 2.32 bits per heavy atom. The van der Waals surface area contributed by atoms with E-state index < -0.39 is 0 Å². The molecule has 0 N–H and O–H groups in total. The van der Waals surface area contributed by atoms with Crippen molar-refractivity contribution in [3.8, 4) is 0 Å². The molecule has 0 spiro atoms. The molecule has 126 valence electrons. The second kappa shape index (κ2) is 8.90.